The van der Waals surface area contributed by atoms with Crippen LogP contribution in [0.1, 0.15) is 18.0 Å². The van der Waals surface area contributed by atoms with Crippen LogP contribution in [0.3, 0.4) is 0 Å². The van der Waals surface area contributed by atoms with Crippen molar-refractivity contribution in [1.29, 1.82) is 0 Å². The number of pyridine rings is 1. The third-order valence-corrected chi connectivity index (χ3v) is 5.62. The van der Waals surface area contributed by atoms with Crippen LogP contribution in [0, 0.1) is 5.82 Å². The van der Waals surface area contributed by atoms with Gasteiger partial charge in [-0.1, -0.05) is 6.07 Å². The third kappa shape index (κ3) is 4.36. The molecule has 0 unspecified atom stereocenters. The number of anilines is 1. The third-order valence-electron chi connectivity index (χ3n) is 5.62. The van der Waals surface area contributed by atoms with Crippen LogP contribution < -0.4 is 4.90 Å². The molecule has 1 aliphatic heterocycles. The quantitative estimate of drug-likeness (QED) is 0.599. The molecule has 8 nitrogen and oxygen atoms in total. The number of carboxylic acids is 2. The second-order valence-electron chi connectivity index (χ2n) is 7.53. The molecule has 0 bridgehead atoms. The van der Waals surface area contributed by atoms with Crippen molar-refractivity contribution >= 4 is 28.7 Å². The van der Waals surface area contributed by atoms with Crippen LogP contribution in [-0.4, -0.2) is 62.8 Å². The number of hydrogen-bond donors (Lipinski definition) is 2. The number of nitrogens with zero attached hydrogens (tertiary/aromatic N) is 4. The SMILES string of the molecule is O=C(O)CCn1cc([C@H](C(=O)O)N2CCN(c3ccccn3)CC2)c2ccc(F)cc21. The average Bonchev–Trinajstić information content (AvgIpc) is 3.10. The highest BCUT2D eigenvalue weighted by molar-refractivity contribution is 5.90. The highest BCUT2D eigenvalue weighted by Crippen LogP contribution is 2.32. The van der Waals surface area contributed by atoms with Crippen LogP contribution in [0.5, 0.6) is 0 Å². The van der Waals surface area contributed by atoms with Crippen molar-refractivity contribution in [3.05, 3.63) is 60.2 Å². The van der Waals surface area contributed by atoms with Crippen LogP contribution >= 0.6 is 0 Å². The number of aliphatic carboxylic acids is 2. The number of aryl methyl sites for hydroxylation is 1. The summed E-state index contributed by atoms with van der Waals surface area (Å²) in [6.45, 7) is 2.45. The molecule has 3 aromatic rings. The summed E-state index contributed by atoms with van der Waals surface area (Å²) in [6.07, 6.45) is 3.24. The van der Waals surface area contributed by atoms with Gasteiger partial charge < -0.3 is 19.7 Å². The molecular weight excluding hydrogens is 403 g/mol. The number of rotatable bonds is 7. The first-order valence-corrected chi connectivity index (χ1v) is 10.1. The summed E-state index contributed by atoms with van der Waals surface area (Å²) < 4.78 is 15.5. The fraction of sp³-hybridized carbons (Fsp3) is 0.318. The summed E-state index contributed by atoms with van der Waals surface area (Å²) >= 11 is 0. The summed E-state index contributed by atoms with van der Waals surface area (Å²) in [7, 11) is 0. The van der Waals surface area contributed by atoms with Gasteiger partial charge in [-0.25, -0.2) is 9.37 Å². The number of aromatic nitrogens is 2. The summed E-state index contributed by atoms with van der Waals surface area (Å²) in [6, 6.07) is 8.96. The van der Waals surface area contributed by atoms with E-state index >= 15 is 0 Å². The van der Waals surface area contributed by atoms with Crippen molar-refractivity contribution in [3.8, 4) is 0 Å². The van der Waals surface area contributed by atoms with Crippen molar-refractivity contribution < 1.29 is 24.2 Å². The lowest BCUT2D eigenvalue weighted by molar-refractivity contribution is -0.143. The molecule has 0 amide bonds. The molecule has 4 rings (SSSR count). The standard InChI is InChI=1S/C22H23FN4O4/c23-15-4-5-16-17(14-27(18(16)13-15)8-6-20(28)29)21(22(30)31)26-11-9-25(10-12-26)19-3-1-2-7-24-19/h1-5,7,13-14,21H,6,8-12H2,(H,28,29)(H,30,31)/t21-/m1/s1. The Bertz CT molecular complexity index is 1090. The Balaban J connectivity index is 1.63. The van der Waals surface area contributed by atoms with Gasteiger partial charge in [-0.15, -0.1) is 0 Å². The van der Waals surface area contributed by atoms with E-state index in [0.29, 0.717) is 42.6 Å². The Morgan fingerprint density at radius 1 is 1.10 bits per heavy atom. The largest absolute Gasteiger partial charge is 0.481 e. The second kappa shape index (κ2) is 8.73. The van der Waals surface area contributed by atoms with E-state index in [0.717, 1.165) is 5.82 Å². The topological polar surface area (TPSA) is 98.9 Å². The molecule has 1 atom stereocenters. The molecule has 31 heavy (non-hydrogen) atoms. The minimum atomic E-state index is -0.993. The molecule has 1 aliphatic rings. The normalized spacial score (nSPS) is 15.8. The summed E-state index contributed by atoms with van der Waals surface area (Å²) in [5.74, 6) is -1.56. The molecule has 1 aromatic carbocycles. The summed E-state index contributed by atoms with van der Waals surface area (Å²) in [5.41, 5.74) is 1.04. The van der Waals surface area contributed by atoms with Crippen molar-refractivity contribution in [3.63, 3.8) is 0 Å². The smallest absolute Gasteiger partial charge is 0.325 e. The van der Waals surface area contributed by atoms with Gasteiger partial charge in [0.15, 0.2) is 0 Å². The zero-order valence-corrected chi connectivity index (χ0v) is 16.8. The number of carbonyl (C=O) groups is 2. The monoisotopic (exact) mass is 426 g/mol. The molecule has 0 radical (unpaired) electrons. The fourth-order valence-corrected chi connectivity index (χ4v) is 4.15. The number of hydrogen-bond acceptors (Lipinski definition) is 5. The van der Waals surface area contributed by atoms with Gasteiger partial charge in [0.2, 0.25) is 0 Å². The highest BCUT2D eigenvalue weighted by atomic mass is 19.1. The Labute approximate surface area is 178 Å². The van der Waals surface area contributed by atoms with Gasteiger partial charge in [0.1, 0.15) is 17.7 Å². The molecule has 3 heterocycles. The van der Waals surface area contributed by atoms with E-state index in [-0.39, 0.29) is 13.0 Å². The Hall–Kier alpha value is -3.46. The van der Waals surface area contributed by atoms with Crippen molar-refractivity contribution in [2.75, 3.05) is 31.1 Å². The van der Waals surface area contributed by atoms with Crippen molar-refractivity contribution in [2.45, 2.75) is 19.0 Å². The second-order valence-corrected chi connectivity index (χ2v) is 7.53. The van der Waals surface area contributed by atoms with E-state index in [9.17, 15) is 19.1 Å². The van der Waals surface area contributed by atoms with E-state index in [1.165, 1.54) is 12.1 Å². The van der Waals surface area contributed by atoms with Gasteiger partial charge in [0, 0.05) is 56.1 Å². The highest BCUT2D eigenvalue weighted by Gasteiger charge is 2.33. The first kappa shape index (κ1) is 20.8. The molecule has 2 aromatic heterocycles. The van der Waals surface area contributed by atoms with Gasteiger partial charge in [-0.2, -0.15) is 0 Å². The van der Waals surface area contributed by atoms with E-state index in [1.54, 1.807) is 23.0 Å². The maximum absolute atomic E-state index is 13.9. The van der Waals surface area contributed by atoms with Crippen LogP contribution in [0.4, 0.5) is 10.2 Å². The number of fused-ring (bicyclic) bond motifs is 1. The zero-order valence-electron chi connectivity index (χ0n) is 16.8. The molecule has 9 heteroatoms. The van der Waals surface area contributed by atoms with Gasteiger partial charge in [0.05, 0.1) is 11.9 Å². The Morgan fingerprint density at radius 2 is 1.87 bits per heavy atom. The molecule has 2 N–H and O–H groups in total. The zero-order chi connectivity index (χ0) is 22.0. The maximum atomic E-state index is 13.9. The van der Waals surface area contributed by atoms with E-state index in [1.807, 2.05) is 23.1 Å². The van der Waals surface area contributed by atoms with Gasteiger partial charge in [-0.3, -0.25) is 14.5 Å². The van der Waals surface area contributed by atoms with E-state index in [2.05, 4.69) is 9.88 Å². The molecule has 0 aliphatic carbocycles. The first-order chi connectivity index (χ1) is 14.9. The lowest BCUT2D eigenvalue weighted by atomic mass is 10.0. The predicted octanol–water partition coefficient (Wildman–Crippen LogP) is 2.60. The Morgan fingerprint density at radius 3 is 2.52 bits per heavy atom. The number of benzene rings is 1. The fourth-order valence-electron chi connectivity index (χ4n) is 4.15. The van der Waals surface area contributed by atoms with Crippen LogP contribution in [-0.2, 0) is 16.1 Å². The molecule has 162 valence electrons. The maximum Gasteiger partial charge on any atom is 0.325 e. The minimum Gasteiger partial charge on any atom is -0.481 e. The summed E-state index contributed by atoms with van der Waals surface area (Å²) in [4.78, 5) is 31.7. The summed E-state index contributed by atoms with van der Waals surface area (Å²) in [5, 5.41) is 19.7. The lowest BCUT2D eigenvalue weighted by Gasteiger charge is -2.38. The lowest BCUT2D eigenvalue weighted by Crippen LogP contribution is -2.49. The number of carboxylic acid groups (broad SMARTS) is 2. The van der Waals surface area contributed by atoms with Crippen LogP contribution in [0.15, 0.2) is 48.8 Å². The average molecular weight is 426 g/mol. The van der Waals surface area contributed by atoms with Gasteiger partial charge in [-0.05, 0) is 30.3 Å². The van der Waals surface area contributed by atoms with Crippen molar-refractivity contribution in [1.82, 2.24) is 14.5 Å². The van der Waals surface area contributed by atoms with E-state index < -0.39 is 23.8 Å². The van der Waals surface area contributed by atoms with E-state index in [4.69, 9.17) is 5.11 Å². The molecule has 0 saturated carbocycles. The molecule has 0 spiro atoms. The number of halogens is 1. The van der Waals surface area contributed by atoms with Crippen molar-refractivity contribution in [2.24, 2.45) is 0 Å². The number of piperazine rings is 1. The first-order valence-electron chi connectivity index (χ1n) is 10.1. The van der Waals surface area contributed by atoms with Gasteiger partial charge in [0.25, 0.3) is 0 Å². The molecule has 1 fully saturated rings. The van der Waals surface area contributed by atoms with Gasteiger partial charge >= 0.3 is 11.9 Å². The Kier molecular flexibility index (Phi) is 5.85. The van der Waals surface area contributed by atoms with Crippen LogP contribution in [0.25, 0.3) is 10.9 Å². The minimum absolute atomic E-state index is 0.134. The van der Waals surface area contributed by atoms with Crippen LogP contribution in [0.2, 0.25) is 0 Å². The predicted molar refractivity (Wildman–Crippen MR) is 113 cm³/mol. The molecule has 1 saturated heterocycles. The molecular formula is C22H23FN4O4.